The van der Waals surface area contributed by atoms with Gasteiger partial charge in [-0.05, 0) is 28.8 Å². The molecule has 0 aliphatic heterocycles. The van der Waals surface area contributed by atoms with Crippen molar-refractivity contribution in [2.75, 3.05) is 14.2 Å². The van der Waals surface area contributed by atoms with Gasteiger partial charge in [-0.2, -0.15) is 8.42 Å². The van der Waals surface area contributed by atoms with E-state index >= 15 is 0 Å². The van der Waals surface area contributed by atoms with Gasteiger partial charge in [0.05, 0.1) is 14.2 Å². The molecule has 80 valence electrons. The molecule has 0 aromatic heterocycles. The highest BCUT2D eigenvalue weighted by atomic mass is 32.1. The largest absolute Gasteiger partial charge is 0.493 e. The Morgan fingerprint density at radius 2 is 1.40 bits per heavy atom. The Bertz CT molecular complexity index is 400. The fraction of sp³-hybridized carbons (Fsp3) is 0.200. The minimum Gasteiger partial charge on any atom is -0.493 e. The highest BCUT2D eigenvalue weighted by molar-refractivity contribution is 7.51. The molecule has 2 rings (SSSR count). The van der Waals surface area contributed by atoms with Crippen LogP contribution in [0.1, 0.15) is 11.1 Å². The molecule has 0 saturated heterocycles. The van der Waals surface area contributed by atoms with Crippen LogP contribution in [0.15, 0.2) is 18.7 Å². The van der Waals surface area contributed by atoms with Crippen LogP contribution in [0.25, 0.3) is 5.57 Å². The molecule has 0 amide bonds. The first kappa shape index (κ1) is 11.5. The lowest BCUT2D eigenvalue weighted by atomic mass is 10.3. The fourth-order valence-corrected chi connectivity index (χ4v) is 1.31. The van der Waals surface area contributed by atoms with Crippen molar-refractivity contribution in [3.63, 3.8) is 0 Å². The average molecular weight is 226 g/mol. The van der Waals surface area contributed by atoms with Gasteiger partial charge in [-0.25, -0.2) is 0 Å². The van der Waals surface area contributed by atoms with Gasteiger partial charge in [0.25, 0.3) is 0 Å². The summed E-state index contributed by atoms with van der Waals surface area (Å²) in [5.74, 6) is 1.55. The quantitative estimate of drug-likeness (QED) is 0.776. The van der Waals surface area contributed by atoms with E-state index in [1.165, 1.54) is 11.1 Å². The second-order valence-corrected chi connectivity index (χ2v) is 2.94. The van der Waals surface area contributed by atoms with E-state index in [1.807, 2.05) is 12.1 Å². The fourth-order valence-electron chi connectivity index (χ4n) is 1.31. The van der Waals surface area contributed by atoms with Gasteiger partial charge in [0, 0.05) is 0 Å². The van der Waals surface area contributed by atoms with Crippen LogP contribution in [-0.2, 0) is 11.6 Å². The molecular formula is C10H10O4S. The molecule has 15 heavy (non-hydrogen) atoms. The van der Waals surface area contributed by atoms with Crippen LogP contribution in [-0.4, -0.2) is 22.6 Å². The summed E-state index contributed by atoms with van der Waals surface area (Å²) < 4.78 is 26.8. The zero-order chi connectivity index (χ0) is 11.4. The number of methoxy groups -OCH3 is 2. The molecule has 1 aliphatic carbocycles. The molecule has 0 atom stereocenters. The van der Waals surface area contributed by atoms with E-state index in [1.54, 1.807) is 14.2 Å². The van der Waals surface area contributed by atoms with Crippen molar-refractivity contribution in [2.24, 2.45) is 0 Å². The molecule has 5 heteroatoms. The van der Waals surface area contributed by atoms with E-state index in [0.717, 1.165) is 17.1 Å². The Balaban J connectivity index is 0.000000337. The van der Waals surface area contributed by atoms with Crippen molar-refractivity contribution >= 4 is 17.1 Å². The van der Waals surface area contributed by atoms with Crippen LogP contribution < -0.4 is 9.47 Å². The average Bonchev–Trinajstić information content (AvgIpc) is 2.88. The predicted octanol–water partition coefficient (Wildman–Crippen LogP) is 1.41. The van der Waals surface area contributed by atoms with Crippen LogP contribution in [0.5, 0.6) is 11.5 Å². The Hall–Kier alpha value is -1.62. The van der Waals surface area contributed by atoms with Crippen molar-refractivity contribution in [2.45, 2.75) is 0 Å². The maximum Gasteiger partial charge on any atom is 0.335 e. The number of hydrogen-bond donors (Lipinski definition) is 0. The van der Waals surface area contributed by atoms with Gasteiger partial charge in [0.15, 0.2) is 11.5 Å². The third-order valence-electron chi connectivity index (χ3n) is 2.11. The molecule has 0 N–H and O–H groups in total. The Morgan fingerprint density at radius 1 is 1.07 bits per heavy atom. The Kier molecular flexibility index (Phi) is 3.62. The van der Waals surface area contributed by atoms with E-state index in [-0.39, 0.29) is 0 Å². The van der Waals surface area contributed by atoms with Crippen molar-refractivity contribution < 1.29 is 17.9 Å². The van der Waals surface area contributed by atoms with E-state index in [2.05, 4.69) is 6.58 Å². The van der Waals surface area contributed by atoms with Gasteiger partial charge >= 0.3 is 11.6 Å². The smallest absolute Gasteiger partial charge is 0.335 e. The summed E-state index contributed by atoms with van der Waals surface area (Å²) in [6.45, 7) is 3.87. The molecule has 0 bridgehead atoms. The molecule has 1 aromatic carbocycles. The zero-order valence-electron chi connectivity index (χ0n) is 8.40. The third kappa shape index (κ3) is 2.24. The van der Waals surface area contributed by atoms with E-state index in [0.29, 0.717) is 0 Å². The van der Waals surface area contributed by atoms with Crippen LogP contribution >= 0.6 is 0 Å². The van der Waals surface area contributed by atoms with Crippen LogP contribution in [0.3, 0.4) is 0 Å². The van der Waals surface area contributed by atoms with Gasteiger partial charge in [0.1, 0.15) is 0 Å². The summed E-state index contributed by atoms with van der Waals surface area (Å²) in [6, 6.07) is 3.91. The molecule has 0 saturated carbocycles. The first-order valence-corrected chi connectivity index (χ1v) is 4.73. The van der Waals surface area contributed by atoms with Gasteiger partial charge in [0.2, 0.25) is 0 Å². The van der Waals surface area contributed by atoms with Gasteiger partial charge in [-0.15, -0.1) is 0 Å². The molecule has 0 spiro atoms. The molecule has 1 aromatic rings. The van der Waals surface area contributed by atoms with Crippen molar-refractivity contribution in [3.8, 4) is 11.5 Å². The van der Waals surface area contributed by atoms with Crippen molar-refractivity contribution in [3.05, 3.63) is 29.8 Å². The summed E-state index contributed by atoms with van der Waals surface area (Å²) >= 11 is -0.750. The minimum absolute atomic E-state index is 0.750. The Morgan fingerprint density at radius 3 is 1.67 bits per heavy atom. The number of benzene rings is 1. The molecule has 0 fully saturated rings. The highest BCUT2D eigenvalue weighted by Crippen LogP contribution is 2.46. The van der Waals surface area contributed by atoms with Crippen LogP contribution in [0, 0.1) is 0 Å². The van der Waals surface area contributed by atoms with E-state index in [4.69, 9.17) is 17.9 Å². The summed E-state index contributed by atoms with van der Waals surface area (Å²) in [6.07, 6.45) is 0. The van der Waals surface area contributed by atoms with E-state index < -0.39 is 11.6 Å². The SMILES string of the molecule is C=C1c2cc(OC)c(OC)cc21.O=S=O. The zero-order valence-corrected chi connectivity index (χ0v) is 9.22. The first-order valence-electron chi connectivity index (χ1n) is 4.07. The monoisotopic (exact) mass is 226 g/mol. The predicted molar refractivity (Wildman–Crippen MR) is 56.6 cm³/mol. The Labute approximate surface area is 91.1 Å². The number of fused-ring (bicyclic) bond motifs is 1. The minimum atomic E-state index is -0.750. The number of ether oxygens (including phenoxy) is 2. The van der Waals surface area contributed by atoms with Gasteiger partial charge in [-0.1, -0.05) is 6.58 Å². The third-order valence-corrected chi connectivity index (χ3v) is 2.11. The molecule has 0 unspecified atom stereocenters. The molecule has 0 radical (unpaired) electrons. The number of rotatable bonds is 2. The number of hydrogen-bond acceptors (Lipinski definition) is 4. The highest BCUT2D eigenvalue weighted by Gasteiger charge is 2.25. The summed E-state index contributed by atoms with van der Waals surface area (Å²) in [4.78, 5) is 0. The van der Waals surface area contributed by atoms with Gasteiger partial charge < -0.3 is 9.47 Å². The maximum absolute atomic E-state index is 8.29. The van der Waals surface area contributed by atoms with Crippen LogP contribution in [0.4, 0.5) is 0 Å². The van der Waals surface area contributed by atoms with Crippen molar-refractivity contribution in [1.29, 1.82) is 0 Å². The summed E-state index contributed by atoms with van der Waals surface area (Å²) in [7, 11) is 3.27. The van der Waals surface area contributed by atoms with E-state index in [9.17, 15) is 0 Å². The van der Waals surface area contributed by atoms with Crippen molar-refractivity contribution in [1.82, 2.24) is 0 Å². The molecule has 4 nitrogen and oxygen atoms in total. The maximum atomic E-state index is 8.29. The molecule has 1 aliphatic rings. The first-order chi connectivity index (χ1) is 7.19. The lowest BCUT2D eigenvalue weighted by Gasteiger charge is -2.04. The topological polar surface area (TPSA) is 52.6 Å². The summed E-state index contributed by atoms with van der Waals surface area (Å²) in [5, 5.41) is 0. The normalized spacial score (nSPS) is 10.7. The lowest BCUT2D eigenvalue weighted by molar-refractivity contribution is 0.355. The second kappa shape index (κ2) is 4.75. The summed E-state index contributed by atoms with van der Waals surface area (Å²) in [5.41, 5.74) is 3.47. The molecule has 0 heterocycles. The van der Waals surface area contributed by atoms with Gasteiger partial charge in [-0.3, -0.25) is 0 Å². The lowest BCUT2D eigenvalue weighted by Crippen LogP contribution is -1.88. The molecular weight excluding hydrogens is 216 g/mol. The second-order valence-electron chi connectivity index (χ2n) is 2.80. The van der Waals surface area contributed by atoms with Crippen LogP contribution in [0.2, 0.25) is 0 Å². The standard InChI is InChI=1S/C10H10O2.O2S/c1-6-7-4-9(11-2)10(12-3)5-8(6)7;1-3-2/h4-5H,1H2,2-3H3;.